The number of nitrogens with zero attached hydrogens (tertiary/aromatic N) is 3. The molecule has 0 spiro atoms. The topological polar surface area (TPSA) is 67.2 Å². The average Bonchev–Trinajstić information content (AvgIpc) is 3.20. The van der Waals surface area contributed by atoms with E-state index < -0.39 is 11.1 Å². The van der Waals surface area contributed by atoms with E-state index in [2.05, 4.69) is 24.0 Å². The fourth-order valence-electron chi connectivity index (χ4n) is 6.40. The summed E-state index contributed by atoms with van der Waals surface area (Å²) in [6.45, 7) is 19.4. The second-order valence-corrected chi connectivity index (χ2v) is 14.5. The van der Waals surface area contributed by atoms with Crippen LogP contribution in [0.3, 0.4) is 0 Å². The van der Waals surface area contributed by atoms with E-state index in [1.165, 1.54) is 40.0 Å². The summed E-state index contributed by atoms with van der Waals surface area (Å²) in [5.74, 6) is -0.738. The van der Waals surface area contributed by atoms with Crippen molar-refractivity contribution in [3.05, 3.63) is 106 Å². The number of halogens is 2. The molecular formula is C37H47F2N3O3. The Morgan fingerprint density at radius 2 is 1.09 bits per heavy atom. The molecule has 0 bridgehead atoms. The van der Waals surface area contributed by atoms with Crippen molar-refractivity contribution in [1.82, 2.24) is 15.0 Å². The lowest BCUT2D eigenvalue weighted by atomic mass is 9.91. The van der Waals surface area contributed by atoms with Gasteiger partial charge in [0.05, 0.1) is 22.2 Å². The summed E-state index contributed by atoms with van der Waals surface area (Å²) >= 11 is 0. The van der Waals surface area contributed by atoms with Gasteiger partial charge < -0.3 is 10.4 Å². The monoisotopic (exact) mass is 619 g/mol. The SMILES string of the molecule is CC1(C)C=C(CN2C/C(=C\c3ccc(F)cc3)C(=O)/C(=C/c3ccc(F)cc3)C2)C(C)(C)N1O.CC1=CC(C)(C)N(O)C1(C)C. The van der Waals surface area contributed by atoms with Crippen molar-refractivity contribution in [2.75, 3.05) is 19.6 Å². The van der Waals surface area contributed by atoms with Crippen LogP contribution in [0.5, 0.6) is 0 Å². The molecule has 0 aromatic heterocycles. The first-order valence-electron chi connectivity index (χ1n) is 15.3. The van der Waals surface area contributed by atoms with Gasteiger partial charge in [0.15, 0.2) is 5.78 Å². The largest absolute Gasteiger partial charge is 0.312 e. The highest BCUT2D eigenvalue weighted by Crippen LogP contribution is 2.39. The molecule has 0 aliphatic carbocycles. The minimum absolute atomic E-state index is 0.0753. The number of carbonyl (C=O) groups is 1. The normalized spacial score (nSPS) is 24.4. The number of ketones is 1. The molecule has 45 heavy (non-hydrogen) atoms. The van der Waals surface area contributed by atoms with Crippen molar-refractivity contribution >= 4 is 17.9 Å². The number of hydrogen-bond acceptors (Lipinski definition) is 6. The van der Waals surface area contributed by atoms with Crippen LogP contribution in [0, 0.1) is 11.6 Å². The maximum Gasteiger partial charge on any atom is 0.187 e. The van der Waals surface area contributed by atoms with E-state index in [1.54, 1.807) is 36.4 Å². The van der Waals surface area contributed by atoms with Crippen LogP contribution < -0.4 is 0 Å². The first-order chi connectivity index (χ1) is 20.7. The predicted octanol–water partition coefficient (Wildman–Crippen LogP) is 7.70. The van der Waals surface area contributed by atoms with E-state index in [1.807, 2.05) is 55.4 Å². The molecule has 3 aliphatic rings. The molecule has 8 heteroatoms. The maximum atomic E-state index is 13.4. The van der Waals surface area contributed by atoms with Gasteiger partial charge in [-0.15, -0.1) is 0 Å². The summed E-state index contributed by atoms with van der Waals surface area (Å²) in [5.41, 5.74) is 3.52. The molecule has 5 rings (SSSR count). The van der Waals surface area contributed by atoms with E-state index in [9.17, 15) is 24.0 Å². The number of carbonyl (C=O) groups excluding carboxylic acids is 1. The fraction of sp³-hybridized carbons (Fsp3) is 0.432. The highest BCUT2D eigenvalue weighted by atomic mass is 19.1. The van der Waals surface area contributed by atoms with E-state index >= 15 is 0 Å². The maximum absolute atomic E-state index is 13.4. The molecule has 2 N–H and O–H groups in total. The minimum Gasteiger partial charge on any atom is -0.312 e. The second-order valence-electron chi connectivity index (χ2n) is 14.5. The van der Waals surface area contributed by atoms with E-state index in [0.717, 1.165) is 16.7 Å². The summed E-state index contributed by atoms with van der Waals surface area (Å²) in [4.78, 5) is 15.5. The summed E-state index contributed by atoms with van der Waals surface area (Å²) in [6.07, 6.45) is 7.77. The van der Waals surface area contributed by atoms with Crippen LogP contribution in [0.15, 0.2) is 83.0 Å². The number of likely N-dealkylation sites (tertiary alicyclic amines) is 1. The van der Waals surface area contributed by atoms with Crippen molar-refractivity contribution in [1.29, 1.82) is 0 Å². The molecule has 2 aromatic carbocycles. The summed E-state index contributed by atoms with van der Waals surface area (Å²) in [7, 11) is 0. The molecule has 3 heterocycles. The van der Waals surface area contributed by atoms with E-state index in [4.69, 9.17) is 0 Å². The fourth-order valence-corrected chi connectivity index (χ4v) is 6.40. The lowest BCUT2D eigenvalue weighted by Gasteiger charge is -2.38. The minimum atomic E-state index is -0.549. The van der Waals surface area contributed by atoms with Gasteiger partial charge in [0.2, 0.25) is 0 Å². The zero-order valence-corrected chi connectivity index (χ0v) is 27.9. The molecule has 0 amide bonds. The third-order valence-corrected chi connectivity index (χ3v) is 9.19. The van der Waals surface area contributed by atoms with Crippen LogP contribution >= 0.6 is 0 Å². The lowest BCUT2D eigenvalue weighted by molar-refractivity contribution is -0.185. The predicted molar refractivity (Wildman–Crippen MR) is 176 cm³/mol. The number of hydrogen-bond donors (Lipinski definition) is 2. The van der Waals surface area contributed by atoms with Gasteiger partial charge in [0.1, 0.15) is 11.6 Å². The first-order valence-corrected chi connectivity index (χ1v) is 15.3. The Labute approximate surface area is 266 Å². The Morgan fingerprint density at radius 1 is 0.689 bits per heavy atom. The van der Waals surface area contributed by atoms with Crippen LogP contribution in [-0.4, -0.2) is 73.0 Å². The van der Waals surface area contributed by atoms with Crippen LogP contribution in [0.4, 0.5) is 8.78 Å². The zero-order chi connectivity index (χ0) is 33.5. The van der Waals surface area contributed by atoms with Crippen LogP contribution in [0.1, 0.15) is 73.4 Å². The van der Waals surface area contributed by atoms with Gasteiger partial charge in [-0.05, 0) is 115 Å². The molecule has 0 saturated carbocycles. The van der Waals surface area contributed by atoms with Crippen LogP contribution in [0.25, 0.3) is 12.2 Å². The standard InChI is InChI=1S/C28H30F2N2O2.C9H17NO/c1-27(2)15-23(28(3,4)32(27)34)18-31-16-21(13-19-5-9-24(29)10-6-19)26(33)22(17-31)14-20-7-11-25(30)12-8-20;1-7-6-8(2,3)10(11)9(7,4)5/h5-15,34H,16-18H2,1-4H3;6,11H,1-5H3/b21-13+,22-14+;. The van der Waals surface area contributed by atoms with Crippen molar-refractivity contribution < 1.29 is 24.0 Å². The van der Waals surface area contributed by atoms with Crippen LogP contribution in [-0.2, 0) is 4.79 Å². The molecule has 3 aliphatic heterocycles. The zero-order valence-electron chi connectivity index (χ0n) is 27.9. The van der Waals surface area contributed by atoms with Gasteiger partial charge in [-0.2, -0.15) is 10.1 Å². The summed E-state index contributed by atoms with van der Waals surface area (Å²) in [6, 6.07) is 12.1. The van der Waals surface area contributed by atoms with Crippen molar-refractivity contribution in [2.24, 2.45) is 0 Å². The third kappa shape index (κ3) is 7.42. The van der Waals surface area contributed by atoms with Gasteiger partial charge in [0, 0.05) is 30.8 Å². The Bertz CT molecular complexity index is 1480. The van der Waals surface area contributed by atoms with Crippen molar-refractivity contribution in [2.45, 2.75) is 84.5 Å². The van der Waals surface area contributed by atoms with Crippen LogP contribution in [0.2, 0.25) is 0 Å². The molecule has 0 atom stereocenters. The number of piperidine rings is 1. The highest BCUT2D eigenvalue weighted by molar-refractivity contribution is 6.14. The van der Waals surface area contributed by atoms with Crippen molar-refractivity contribution in [3.8, 4) is 0 Å². The lowest BCUT2D eigenvalue weighted by Crippen LogP contribution is -2.49. The molecular weight excluding hydrogens is 572 g/mol. The summed E-state index contributed by atoms with van der Waals surface area (Å²) in [5, 5.41) is 23.2. The van der Waals surface area contributed by atoms with E-state index in [-0.39, 0.29) is 28.5 Å². The molecule has 242 valence electrons. The highest BCUT2D eigenvalue weighted by Gasteiger charge is 2.46. The Morgan fingerprint density at radius 3 is 1.40 bits per heavy atom. The number of rotatable bonds is 4. The number of benzene rings is 2. The van der Waals surface area contributed by atoms with Gasteiger partial charge in [-0.1, -0.05) is 42.0 Å². The first kappa shape index (κ1) is 34.6. The summed E-state index contributed by atoms with van der Waals surface area (Å²) < 4.78 is 26.7. The quantitative estimate of drug-likeness (QED) is 0.270. The molecule has 0 radical (unpaired) electrons. The molecule has 6 nitrogen and oxygen atoms in total. The Balaban J connectivity index is 0.000000354. The smallest absolute Gasteiger partial charge is 0.187 e. The molecule has 0 unspecified atom stereocenters. The van der Waals surface area contributed by atoms with E-state index in [0.29, 0.717) is 30.8 Å². The van der Waals surface area contributed by atoms with Gasteiger partial charge in [-0.25, -0.2) is 8.78 Å². The van der Waals surface area contributed by atoms with Gasteiger partial charge in [-0.3, -0.25) is 9.69 Å². The Hall–Kier alpha value is -3.27. The average molecular weight is 620 g/mol. The second kappa shape index (κ2) is 12.5. The third-order valence-electron chi connectivity index (χ3n) is 9.19. The molecule has 2 aromatic rings. The van der Waals surface area contributed by atoms with Gasteiger partial charge in [0.25, 0.3) is 0 Å². The number of Topliss-reactive ketones (excluding diaryl/α,β-unsaturated/α-hetero) is 1. The van der Waals surface area contributed by atoms with Crippen molar-refractivity contribution in [3.63, 3.8) is 0 Å². The molecule has 1 saturated heterocycles. The Kier molecular flexibility index (Phi) is 9.61. The molecule has 1 fully saturated rings. The number of hydroxylamine groups is 4. The van der Waals surface area contributed by atoms with Gasteiger partial charge >= 0.3 is 0 Å².